The Morgan fingerprint density at radius 2 is 2.00 bits per heavy atom. The van der Waals surface area contributed by atoms with Gasteiger partial charge in [0.1, 0.15) is 0 Å². The van der Waals surface area contributed by atoms with E-state index in [2.05, 4.69) is 0 Å². The molecule has 0 aliphatic heterocycles. The zero-order valence-electron chi connectivity index (χ0n) is 6.38. The minimum Gasteiger partial charge on any atom is -0.366 e. The van der Waals surface area contributed by atoms with Gasteiger partial charge in [-0.2, -0.15) is 0 Å². The lowest BCUT2D eigenvalue weighted by Crippen LogP contribution is -2.13. The molecule has 0 saturated carbocycles. The molecule has 0 saturated heterocycles. The van der Waals surface area contributed by atoms with Crippen LogP contribution in [0.4, 0.5) is 0 Å². The van der Waals surface area contributed by atoms with Gasteiger partial charge in [-0.05, 0) is 12.1 Å². The second-order valence-electron chi connectivity index (χ2n) is 2.31. The SMILES string of the molecule is NC(=O)c1c(Cl)ccc(C=O)c1Cl. The lowest BCUT2D eigenvalue weighted by Gasteiger charge is -2.03. The topological polar surface area (TPSA) is 60.2 Å². The molecule has 5 heteroatoms. The number of carbonyl (C=O) groups is 2. The third-order valence-corrected chi connectivity index (χ3v) is 2.22. The van der Waals surface area contributed by atoms with Crippen molar-refractivity contribution in [2.24, 2.45) is 5.73 Å². The van der Waals surface area contributed by atoms with Crippen molar-refractivity contribution in [2.75, 3.05) is 0 Å². The van der Waals surface area contributed by atoms with E-state index in [1.54, 1.807) is 0 Å². The second kappa shape index (κ2) is 3.77. The molecule has 1 amide bonds. The van der Waals surface area contributed by atoms with E-state index in [-0.39, 0.29) is 21.2 Å². The first-order valence-electron chi connectivity index (χ1n) is 3.31. The van der Waals surface area contributed by atoms with Crippen LogP contribution in [-0.2, 0) is 0 Å². The lowest BCUT2D eigenvalue weighted by molar-refractivity contribution is 0.100. The van der Waals surface area contributed by atoms with Gasteiger partial charge in [0.15, 0.2) is 6.29 Å². The van der Waals surface area contributed by atoms with Crippen LogP contribution in [0.25, 0.3) is 0 Å². The molecular formula is C8H5Cl2NO2. The summed E-state index contributed by atoms with van der Waals surface area (Å²) in [5, 5.41) is 0.137. The van der Waals surface area contributed by atoms with Gasteiger partial charge < -0.3 is 5.73 Å². The average molecular weight is 218 g/mol. The molecule has 0 heterocycles. The minimum atomic E-state index is -0.751. The molecule has 0 aromatic heterocycles. The van der Waals surface area contributed by atoms with Gasteiger partial charge in [-0.1, -0.05) is 23.2 Å². The van der Waals surface area contributed by atoms with Crippen molar-refractivity contribution < 1.29 is 9.59 Å². The van der Waals surface area contributed by atoms with Gasteiger partial charge in [-0.15, -0.1) is 0 Å². The van der Waals surface area contributed by atoms with Crippen molar-refractivity contribution in [3.63, 3.8) is 0 Å². The monoisotopic (exact) mass is 217 g/mol. The summed E-state index contributed by atoms with van der Waals surface area (Å²) in [4.78, 5) is 21.3. The summed E-state index contributed by atoms with van der Waals surface area (Å²) in [6.45, 7) is 0. The van der Waals surface area contributed by atoms with Gasteiger partial charge in [0.05, 0.1) is 15.6 Å². The molecule has 3 nitrogen and oxygen atoms in total. The van der Waals surface area contributed by atoms with Gasteiger partial charge >= 0.3 is 0 Å². The maximum absolute atomic E-state index is 10.8. The molecule has 13 heavy (non-hydrogen) atoms. The minimum absolute atomic E-state index is 0.00463. The normalized spacial score (nSPS) is 9.69. The van der Waals surface area contributed by atoms with Crippen LogP contribution in [0.15, 0.2) is 12.1 Å². The molecule has 0 aliphatic carbocycles. The van der Waals surface area contributed by atoms with Crippen LogP contribution in [0.1, 0.15) is 20.7 Å². The van der Waals surface area contributed by atoms with Gasteiger partial charge in [0, 0.05) is 5.56 Å². The van der Waals surface area contributed by atoms with E-state index in [4.69, 9.17) is 28.9 Å². The Kier molecular flexibility index (Phi) is 2.90. The van der Waals surface area contributed by atoms with E-state index in [1.807, 2.05) is 0 Å². The average Bonchev–Trinajstić information content (AvgIpc) is 2.04. The third-order valence-electron chi connectivity index (χ3n) is 1.49. The van der Waals surface area contributed by atoms with E-state index in [0.717, 1.165) is 0 Å². The Morgan fingerprint density at radius 1 is 1.38 bits per heavy atom. The number of benzene rings is 1. The Hall–Kier alpha value is -1.06. The smallest absolute Gasteiger partial charge is 0.251 e. The second-order valence-corrected chi connectivity index (χ2v) is 3.09. The van der Waals surface area contributed by atoms with Gasteiger partial charge in [-0.25, -0.2) is 0 Å². The van der Waals surface area contributed by atoms with E-state index < -0.39 is 5.91 Å². The first kappa shape index (κ1) is 10.0. The van der Waals surface area contributed by atoms with E-state index in [1.165, 1.54) is 12.1 Å². The highest BCUT2D eigenvalue weighted by Gasteiger charge is 2.14. The summed E-state index contributed by atoms with van der Waals surface area (Å²) in [7, 11) is 0. The lowest BCUT2D eigenvalue weighted by atomic mass is 10.1. The molecule has 0 bridgehead atoms. The Balaban J connectivity index is 3.47. The largest absolute Gasteiger partial charge is 0.366 e. The number of primary amides is 1. The highest BCUT2D eigenvalue weighted by Crippen LogP contribution is 2.26. The van der Waals surface area contributed by atoms with Crippen LogP contribution in [0.3, 0.4) is 0 Å². The fraction of sp³-hybridized carbons (Fsp3) is 0. The molecule has 0 radical (unpaired) electrons. The van der Waals surface area contributed by atoms with Gasteiger partial charge in [0.2, 0.25) is 0 Å². The molecular weight excluding hydrogens is 213 g/mol. The van der Waals surface area contributed by atoms with Crippen molar-refractivity contribution in [2.45, 2.75) is 0 Å². The zero-order valence-corrected chi connectivity index (χ0v) is 7.89. The quantitative estimate of drug-likeness (QED) is 0.770. The number of hydrogen-bond acceptors (Lipinski definition) is 2. The summed E-state index contributed by atoms with van der Waals surface area (Å²) in [5.74, 6) is -0.751. The predicted octanol–water partition coefficient (Wildman–Crippen LogP) is 1.90. The molecule has 0 aliphatic rings. The molecule has 0 fully saturated rings. The third kappa shape index (κ3) is 1.82. The summed E-state index contributed by atoms with van der Waals surface area (Å²) < 4.78 is 0. The van der Waals surface area contributed by atoms with E-state index in [9.17, 15) is 9.59 Å². The van der Waals surface area contributed by atoms with Crippen LogP contribution >= 0.6 is 23.2 Å². The van der Waals surface area contributed by atoms with Gasteiger partial charge in [-0.3, -0.25) is 9.59 Å². The maximum Gasteiger partial charge on any atom is 0.251 e. The van der Waals surface area contributed by atoms with Crippen LogP contribution in [0, 0.1) is 0 Å². The van der Waals surface area contributed by atoms with Crippen molar-refractivity contribution in [1.82, 2.24) is 0 Å². The van der Waals surface area contributed by atoms with Crippen LogP contribution in [-0.4, -0.2) is 12.2 Å². The number of amides is 1. The fourth-order valence-electron chi connectivity index (χ4n) is 0.885. The summed E-state index contributed by atoms with van der Waals surface area (Å²) in [5.41, 5.74) is 5.19. The highest BCUT2D eigenvalue weighted by atomic mass is 35.5. The maximum atomic E-state index is 10.8. The molecule has 68 valence electrons. The first-order chi connectivity index (χ1) is 6.07. The zero-order chi connectivity index (χ0) is 10.0. The molecule has 0 unspecified atom stereocenters. The molecule has 1 aromatic carbocycles. The molecule has 1 aromatic rings. The molecule has 0 atom stereocenters. The Labute approximate surface area is 84.4 Å². The number of hydrogen-bond donors (Lipinski definition) is 1. The van der Waals surface area contributed by atoms with Crippen LogP contribution < -0.4 is 5.73 Å². The summed E-state index contributed by atoms with van der Waals surface area (Å²) in [6, 6.07) is 2.82. The summed E-state index contributed by atoms with van der Waals surface area (Å²) >= 11 is 11.3. The highest BCUT2D eigenvalue weighted by molar-refractivity contribution is 6.41. The predicted molar refractivity (Wildman–Crippen MR) is 50.4 cm³/mol. The Morgan fingerprint density at radius 3 is 2.46 bits per heavy atom. The number of aldehydes is 1. The van der Waals surface area contributed by atoms with Gasteiger partial charge in [0.25, 0.3) is 5.91 Å². The molecule has 2 N–H and O–H groups in total. The number of nitrogens with two attached hydrogens (primary N) is 1. The number of carbonyl (C=O) groups excluding carboxylic acids is 2. The number of halogens is 2. The fourth-order valence-corrected chi connectivity index (χ4v) is 1.49. The standard InChI is InChI=1S/C8H5Cl2NO2/c9-5-2-1-4(3-12)7(10)6(5)8(11)13/h1-3H,(H2,11,13). The summed E-state index contributed by atoms with van der Waals surface area (Å²) in [6.07, 6.45) is 0.533. The Bertz CT molecular complexity index is 377. The van der Waals surface area contributed by atoms with Crippen LogP contribution in [0.5, 0.6) is 0 Å². The van der Waals surface area contributed by atoms with E-state index in [0.29, 0.717) is 6.29 Å². The van der Waals surface area contributed by atoms with Crippen molar-refractivity contribution in [3.8, 4) is 0 Å². The van der Waals surface area contributed by atoms with E-state index >= 15 is 0 Å². The number of rotatable bonds is 2. The molecule has 1 rings (SSSR count). The van der Waals surface area contributed by atoms with Crippen molar-refractivity contribution >= 4 is 35.4 Å². The molecule has 0 spiro atoms. The first-order valence-corrected chi connectivity index (χ1v) is 4.06. The van der Waals surface area contributed by atoms with Crippen molar-refractivity contribution in [1.29, 1.82) is 0 Å². The van der Waals surface area contributed by atoms with Crippen molar-refractivity contribution in [3.05, 3.63) is 33.3 Å². The van der Waals surface area contributed by atoms with Crippen LogP contribution in [0.2, 0.25) is 10.0 Å².